The summed E-state index contributed by atoms with van der Waals surface area (Å²) in [5.74, 6) is 4.78. The summed E-state index contributed by atoms with van der Waals surface area (Å²) in [7, 11) is -4.63. The fourth-order valence-corrected chi connectivity index (χ4v) is 9.40. The average Bonchev–Trinajstić information content (AvgIpc) is 3.04. The molecule has 4 rings (SSSR count). The van der Waals surface area contributed by atoms with Crippen LogP contribution in [0.2, 0.25) is 0 Å². The van der Waals surface area contributed by atoms with Crippen molar-refractivity contribution in [3.63, 3.8) is 0 Å². The monoisotopic (exact) mass is 488 g/mol. The van der Waals surface area contributed by atoms with Gasteiger partial charge in [0.25, 0.3) is 0 Å². The Bertz CT molecular complexity index is 824. The van der Waals surface area contributed by atoms with Crippen LogP contribution in [0.25, 0.3) is 0 Å². The van der Waals surface area contributed by atoms with Crippen molar-refractivity contribution in [2.24, 2.45) is 46.3 Å². The van der Waals surface area contributed by atoms with Gasteiger partial charge in [-0.1, -0.05) is 65.5 Å². The molecule has 0 radical (unpaired) electrons. The van der Waals surface area contributed by atoms with E-state index in [4.69, 9.17) is 4.18 Å². The third-order valence-electron chi connectivity index (χ3n) is 10.5. The summed E-state index contributed by atoms with van der Waals surface area (Å²) in [4.78, 5) is 0. The van der Waals surface area contributed by atoms with Crippen molar-refractivity contribution in [1.82, 2.24) is 0 Å². The van der Waals surface area contributed by atoms with Gasteiger partial charge in [-0.25, -0.2) is 8.42 Å². The van der Waals surface area contributed by atoms with E-state index in [1.165, 1.54) is 50.5 Å². The van der Waals surface area contributed by atoms with Gasteiger partial charge in [-0.05, 0) is 97.7 Å². The Labute approximate surface area is 225 Å². The number of hydrogen-bond donors (Lipinski definition) is 0. The maximum atomic E-state index is 11.1. The smallest absolute Gasteiger partial charge is 0.726 e. The molecule has 6 heteroatoms. The van der Waals surface area contributed by atoms with E-state index < -0.39 is 16.5 Å². The van der Waals surface area contributed by atoms with Crippen LogP contribution >= 0.6 is 0 Å². The van der Waals surface area contributed by atoms with Crippen LogP contribution in [0.4, 0.5) is 0 Å². The average molecular weight is 489 g/mol. The first kappa shape index (κ1) is 28.2. The maximum Gasteiger partial charge on any atom is 1.00 e. The quantitative estimate of drug-likeness (QED) is 0.236. The SMILES string of the molecule is CC(C)CCCC(C)C1CCC2C3CC=C4CC(OS(=O)(=O)[O-])CC[C@]4(C)C3CC[C@]12C.[Na+]. The topological polar surface area (TPSA) is 66.4 Å². The Morgan fingerprint density at radius 3 is 2.45 bits per heavy atom. The molecule has 0 heterocycles. The molecule has 6 unspecified atom stereocenters. The van der Waals surface area contributed by atoms with Crippen LogP contribution in [0, 0.1) is 46.3 Å². The van der Waals surface area contributed by atoms with Gasteiger partial charge in [0.2, 0.25) is 10.4 Å². The van der Waals surface area contributed by atoms with Gasteiger partial charge < -0.3 is 4.55 Å². The summed E-state index contributed by atoms with van der Waals surface area (Å²) in [6, 6.07) is 0. The minimum absolute atomic E-state index is 0. The van der Waals surface area contributed by atoms with Crippen LogP contribution in [-0.2, 0) is 14.6 Å². The van der Waals surface area contributed by atoms with Crippen LogP contribution < -0.4 is 29.6 Å². The van der Waals surface area contributed by atoms with E-state index in [-0.39, 0.29) is 35.0 Å². The van der Waals surface area contributed by atoms with E-state index in [1.54, 1.807) is 0 Å². The third kappa shape index (κ3) is 5.64. The molecule has 33 heavy (non-hydrogen) atoms. The fourth-order valence-electron chi connectivity index (χ4n) is 8.90. The molecule has 0 aromatic carbocycles. The molecule has 0 aromatic rings. The summed E-state index contributed by atoms with van der Waals surface area (Å²) in [5, 5.41) is 0. The third-order valence-corrected chi connectivity index (χ3v) is 11.0. The molecule has 8 atom stereocenters. The molecule has 0 spiro atoms. The predicted octanol–water partition coefficient (Wildman–Crippen LogP) is 3.88. The van der Waals surface area contributed by atoms with Crippen molar-refractivity contribution < 1.29 is 46.7 Å². The molecule has 4 aliphatic rings. The Hall–Kier alpha value is 0.610. The van der Waals surface area contributed by atoms with E-state index in [1.807, 2.05) is 0 Å². The Morgan fingerprint density at radius 1 is 1.06 bits per heavy atom. The zero-order valence-electron chi connectivity index (χ0n) is 21.9. The standard InChI is InChI=1S/C27H46O4S.Na/c1-18(2)7-6-8-19(3)23-11-12-24-22-10-9-20-17-21(31-32(28,29)30)13-15-26(20,4)25(22)14-16-27(23,24)5;/h9,18-19,21-25H,6-8,10-17H2,1-5H3,(H,28,29,30);/q;+1/p-1/t19?,21?,22?,23?,24?,25?,26-,27+;/m0./s1. The summed E-state index contributed by atoms with van der Waals surface area (Å²) >= 11 is 0. The van der Waals surface area contributed by atoms with Gasteiger partial charge in [0, 0.05) is 0 Å². The number of rotatable bonds is 7. The van der Waals surface area contributed by atoms with E-state index >= 15 is 0 Å². The zero-order chi connectivity index (χ0) is 23.3. The number of allylic oxidation sites excluding steroid dienone is 1. The van der Waals surface area contributed by atoms with E-state index in [0.29, 0.717) is 24.2 Å². The Morgan fingerprint density at radius 2 is 1.79 bits per heavy atom. The molecular formula is C27H45NaO4S. The van der Waals surface area contributed by atoms with Gasteiger partial charge in [0.05, 0.1) is 6.10 Å². The van der Waals surface area contributed by atoms with Gasteiger partial charge in [-0.15, -0.1) is 0 Å². The molecule has 4 nitrogen and oxygen atoms in total. The van der Waals surface area contributed by atoms with E-state index in [9.17, 15) is 13.0 Å². The second kappa shape index (κ2) is 10.5. The molecule has 3 fully saturated rings. The predicted molar refractivity (Wildman–Crippen MR) is 128 cm³/mol. The van der Waals surface area contributed by atoms with Gasteiger partial charge in [0.1, 0.15) is 0 Å². The van der Waals surface area contributed by atoms with Gasteiger partial charge in [-0.2, -0.15) is 0 Å². The minimum atomic E-state index is -4.63. The van der Waals surface area contributed by atoms with Crippen LogP contribution in [0.15, 0.2) is 11.6 Å². The molecule has 4 aliphatic carbocycles. The van der Waals surface area contributed by atoms with E-state index in [2.05, 4.69) is 40.7 Å². The van der Waals surface area contributed by atoms with Crippen molar-refractivity contribution in [3.8, 4) is 0 Å². The van der Waals surface area contributed by atoms with Gasteiger partial charge in [0.15, 0.2) is 0 Å². The zero-order valence-corrected chi connectivity index (χ0v) is 24.8. The minimum Gasteiger partial charge on any atom is -0.726 e. The normalized spacial score (nSPS) is 41.4. The Balaban J connectivity index is 0.00000306. The molecule has 0 bridgehead atoms. The molecule has 0 aromatic heterocycles. The summed E-state index contributed by atoms with van der Waals surface area (Å²) in [5.41, 5.74) is 1.99. The molecule has 0 aliphatic heterocycles. The molecule has 0 saturated heterocycles. The summed E-state index contributed by atoms with van der Waals surface area (Å²) in [6.07, 6.45) is 14.8. The van der Waals surface area contributed by atoms with Crippen LogP contribution in [0.5, 0.6) is 0 Å². The molecular weight excluding hydrogens is 443 g/mol. The molecule has 3 saturated carbocycles. The first-order chi connectivity index (χ1) is 14.9. The summed E-state index contributed by atoms with van der Waals surface area (Å²) in [6.45, 7) is 12.2. The van der Waals surface area contributed by atoms with Crippen molar-refractivity contribution in [1.29, 1.82) is 0 Å². The first-order valence-corrected chi connectivity index (χ1v) is 14.6. The van der Waals surface area contributed by atoms with Gasteiger partial charge >= 0.3 is 29.6 Å². The maximum absolute atomic E-state index is 11.1. The van der Waals surface area contributed by atoms with Crippen molar-refractivity contribution >= 4 is 10.4 Å². The van der Waals surface area contributed by atoms with Crippen molar-refractivity contribution in [3.05, 3.63) is 11.6 Å². The largest absolute Gasteiger partial charge is 1.00 e. The van der Waals surface area contributed by atoms with Crippen LogP contribution in [0.3, 0.4) is 0 Å². The first-order valence-electron chi connectivity index (χ1n) is 13.3. The second-order valence-electron chi connectivity index (χ2n) is 12.7. The fraction of sp³-hybridized carbons (Fsp3) is 0.926. The molecule has 184 valence electrons. The van der Waals surface area contributed by atoms with E-state index in [0.717, 1.165) is 42.4 Å². The van der Waals surface area contributed by atoms with Crippen molar-refractivity contribution in [2.45, 2.75) is 111 Å². The van der Waals surface area contributed by atoms with Gasteiger partial charge in [-0.3, -0.25) is 4.18 Å². The van der Waals surface area contributed by atoms with Crippen molar-refractivity contribution in [2.75, 3.05) is 0 Å². The molecule has 0 amide bonds. The van der Waals surface area contributed by atoms with Crippen LogP contribution in [0.1, 0.15) is 105 Å². The van der Waals surface area contributed by atoms with Crippen LogP contribution in [-0.4, -0.2) is 19.1 Å². The molecule has 0 N–H and O–H groups in total. The Kier molecular flexibility index (Phi) is 9.00. The number of fused-ring (bicyclic) bond motifs is 5. The summed E-state index contributed by atoms with van der Waals surface area (Å²) < 4.78 is 38.2. The number of hydrogen-bond acceptors (Lipinski definition) is 4. The second-order valence-corrected chi connectivity index (χ2v) is 13.7.